The molecule has 7 rings (SSSR count). The quantitative estimate of drug-likeness (QED) is 0.224. The zero-order valence-corrected chi connectivity index (χ0v) is 31.9. The molecule has 0 N–H and O–H groups in total. The highest BCUT2D eigenvalue weighted by atomic mass is 16.5. The Kier molecular flexibility index (Phi) is 7.80. The molecule has 1 aromatic rings. The maximum Gasteiger partial charge on any atom is 0.348 e. The van der Waals surface area contributed by atoms with Gasteiger partial charge in [0.05, 0.1) is 11.6 Å². The number of carbonyl (C=O) groups excluding carboxylic acids is 2. The fourth-order valence-corrected chi connectivity index (χ4v) is 13.8. The van der Waals surface area contributed by atoms with Gasteiger partial charge in [-0.25, -0.2) is 23.5 Å². The minimum absolute atomic E-state index is 0.0274. The summed E-state index contributed by atoms with van der Waals surface area (Å²) in [5, 5.41) is 0. The van der Waals surface area contributed by atoms with Gasteiger partial charge in [-0.2, -0.15) is 0 Å². The van der Waals surface area contributed by atoms with Crippen LogP contribution in [0.4, 0.5) is 0 Å². The van der Waals surface area contributed by atoms with E-state index in [1.807, 2.05) is 9.36 Å². The fourth-order valence-electron chi connectivity index (χ4n) is 13.8. The van der Waals surface area contributed by atoms with E-state index >= 15 is 0 Å². The number of hydrogen-bond acceptors (Lipinski definition) is 6. The second-order valence-electron chi connectivity index (χ2n) is 18.8. The molecule has 9 nitrogen and oxygen atoms in total. The molecule has 5 aliphatic carbocycles. The van der Waals surface area contributed by atoms with Gasteiger partial charge in [-0.3, -0.25) is 9.59 Å². The van der Waals surface area contributed by atoms with Crippen molar-refractivity contribution in [1.82, 2.24) is 13.9 Å². The van der Waals surface area contributed by atoms with Crippen LogP contribution in [0, 0.1) is 44.8 Å². The van der Waals surface area contributed by atoms with Crippen molar-refractivity contribution >= 4 is 11.9 Å². The lowest BCUT2D eigenvalue weighted by Gasteiger charge is -2.72. The van der Waals surface area contributed by atoms with Gasteiger partial charge < -0.3 is 9.47 Å². The summed E-state index contributed by atoms with van der Waals surface area (Å²) in [5.41, 5.74) is 0.947. The number of nitrogens with zero attached hydrogens (tertiary/aromatic N) is 3. The molecule has 0 amide bonds. The number of rotatable bonds is 7. The number of allylic oxidation sites excluding steroid dienone is 1. The van der Waals surface area contributed by atoms with Crippen LogP contribution in [0.1, 0.15) is 146 Å². The first-order valence-electron chi connectivity index (χ1n) is 19.4. The Balaban J connectivity index is 1.49. The number of fused-ring (bicyclic) bond motifs is 7. The van der Waals surface area contributed by atoms with Crippen LogP contribution in [0.2, 0.25) is 0 Å². The Hall–Kier alpha value is -2.58. The molecule has 0 aromatic carbocycles. The SMILES string of the molecule is CCCCn1c(=O)n2n(c1=O)[C@]1(C(C)C)CC[C@]3(COC(C)=O)CC[C@]4(C)C(=C31)[C@@H]2C[C@@H]1[C@@]2(C)CC[C@H](OC(C)=O)C(C)(C)[C@@H]2CC[C@]14C. The summed E-state index contributed by atoms with van der Waals surface area (Å²) in [7, 11) is 0. The van der Waals surface area contributed by atoms with Gasteiger partial charge in [0.15, 0.2) is 0 Å². The second-order valence-corrected chi connectivity index (χ2v) is 18.8. The topological polar surface area (TPSA) is 102 Å². The summed E-state index contributed by atoms with van der Waals surface area (Å²) >= 11 is 0. The molecule has 9 atom stereocenters. The van der Waals surface area contributed by atoms with Gasteiger partial charge in [0, 0.05) is 31.2 Å². The number of hydrogen-bond donors (Lipinski definition) is 0. The molecule has 6 aliphatic rings. The predicted octanol–water partition coefficient (Wildman–Crippen LogP) is 7.15. The van der Waals surface area contributed by atoms with Crippen molar-refractivity contribution in [3.8, 4) is 0 Å². The summed E-state index contributed by atoms with van der Waals surface area (Å²) in [6, 6.07) is -0.229. The minimum atomic E-state index is -0.643. The van der Waals surface area contributed by atoms with Crippen LogP contribution in [0.15, 0.2) is 20.7 Å². The standard InChI is InChI=1S/C40H61N3O6/c1-11-12-21-41-33(46)42-27-22-29-36(8)15-14-30(49-26(5)45)35(6,7)28(36)13-16-37(29,9)38(10)17-18-39(23-48-25(4)44)19-20-40(24(2)3,32(39)31(27)38)43(42)34(41)47/h24,27-30H,11-23H2,1-10H3/t27-,28-,29+,30-,36-,37+,38+,39-,40-/m0/s1. The second kappa shape index (κ2) is 11.0. The van der Waals surface area contributed by atoms with E-state index in [0.29, 0.717) is 25.0 Å². The van der Waals surface area contributed by atoms with Crippen LogP contribution in [0.5, 0.6) is 0 Å². The van der Waals surface area contributed by atoms with Gasteiger partial charge in [-0.1, -0.05) is 61.8 Å². The largest absolute Gasteiger partial charge is 0.465 e. The van der Waals surface area contributed by atoms with Gasteiger partial charge in [-0.05, 0) is 109 Å². The monoisotopic (exact) mass is 679 g/mol. The molecule has 9 heteroatoms. The summed E-state index contributed by atoms with van der Waals surface area (Å²) < 4.78 is 17.3. The van der Waals surface area contributed by atoms with Gasteiger partial charge >= 0.3 is 23.3 Å². The van der Waals surface area contributed by atoms with Crippen LogP contribution in [-0.2, 0) is 31.1 Å². The third kappa shape index (κ3) is 4.22. The van der Waals surface area contributed by atoms with E-state index in [9.17, 15) is 19.2 Å². The Labute approximate surface area is 292 Å². The first-order valence-corrected chi connectivity index (χ1v) is 19.4. The molecule has 0 bridgehead atoms. The Morgan fingerprint density at radius 2 is 1.57 bits per heavy atom. The van der Waals surface area contributed by atoms with Crippen molar-refractivity contribution in [1.29, 1.82) is 0 Å². The van der Waals surface area contributed by atoms with Gasteiger partial charge in [-0.15, -0.1) is 0 Å². The Bertz CT molecular complexity index is 1730. The molecular weight excluding hydrogens is 618 g/mol. The van der Waals surface area contributed by atoms with Crippen LogP contribution in [0.25, 0.3) is 0 Å². The third-order valence-corrected chi connectivity index (χ3v) is 16.2. The molecule has 0 unspecified atom stereocenters. The van der Waals surface area contributed by atoms with E-state index in [4.69, 9.17) is 9.47 Å². The number of carbonyl (C=O) groups is 2. The number of unbranched alkanes of at least 4 members (excludes halogenated alkanes) is 1. The highest BCUT2D eigenvalue weighted by Gasteiger charge is 2.73. The smallest absolute Gasteiger partial charge is 0.348 e. The third-order valence-electron chi connectivity index (χ3n) is 16.2. The summed E-state index contributed by atoms with van der Waals surface area (Å²) in [6.45, 7) is 22.5. The van der Waals surface area contributed by atoms with E-state index in [-0.39, 0.29) is 68.5 Å². The highest BCUT2D eigenvalue weighted by molar-refractivity contribution is 5.66. The average molecular weight is 680 g/mol. The molecule has 0 radical (unpaired) electrons. The average Bonchev–Trinajstić information content (AvgIpc) is 3.50. The van der Waals surface area contributed by atoms with Crippen LogP contribution in [0.3, 0.4) is 0 Å². The van der Waals surface area contributed by atoms with Crippen molar-refractivity contribution in [2.24, 2.45) is 44.8 Å². The molecule has 1 aromatic heterocycles. The highest BCUT2D eigenvalue weighted by Crippen LogP contribution is 2.79. The molecule has 1 aliphatic heterocycles. The van der Waals surface area contributed by atoms with Crippen LogP contribution >= 0.6 is 0 Å². The summed E-state index contributed by atoms with van der Waals surface area (Å²) in [5.74, 6) is 0.258. The molecule has 272 valence electrons. The summed E-state index contributed by atoms with van der Waals surface area (Å²) in [4.78, 5) is 54.1. The van der Waals surface area contributed by atoms with Crippen molar-refractivity contribution in [3.05, 3.63) is 32.1 Å². The van der Waals surface area contributed by atoms with Crippen molar-refractivity contribution in [2.75, 3.05) is 6.61 Å². The van der Waals surface area contributed by atoms with E-state index in [1.54, 1.807) is 0 Å². The molecule has 4 saturated carbocycles. The van der Waals surface area contributed by atoms with Crippen molar-refractivity contribution in [2.45, 2.75) is 164 Å². The lowest BCUT2D eigenvalue weighted by Crippen LogP contribution is -2.67. The molecule has 2 heterocycles. The van der Waals surface area contributed by atoms with Crippen molar-refractivity contribution < 1.29 is 19.1 Å². The van der Waals surface area contributed by atoms with E-state index in [0.717, 1.165) is 70.6 Å². The van der Waals surface area contributed by atoms with Gasteiger partial charge in [0.1, 0.15) is 12.7 Å². The molecule has 0 spiro atoms. The Morgan fingerprint density at radius 3 is 2.20 bits per heavy atom. The molecule has 4 fully saturated rings. The van der Waals surface area contributed by atoms with Gasteiger partial charge in [0.2, 0.25) is 0 Å². The number of esters is 2. The van der Waals surface area contributed by atoms with Crippen LogP contribution in [-0.4, -0.2) is 38.6 Å². The fraction of sp³-hybridized carbons (Fsp3) is 0.850. The molecule has 49 heavy (non-hydrogen) atoms. The zero-order chi connectivity index (χ0) is 35.7. The van der Waals surface area contributed by atoms with Crippen LogP contribution < -0.4 is 11.4 Å². The predicted molar refractivity (Wildman–Crippen MR) is 188 cm³/mol. The Morgan fingerprint density at radius 1 is 0.878 bits per heavy atom. The maximum atomic E-state index is 14.8. The van der Waals surface area contributed by atoms with Gasteiger partial charge in [0.25, 0.3) is 0 Å². The van der Waals surface area contributed by atoms with E-state index in [1.165, 1.54) is 29.6 Å². The maximum absolute atomic E-state index is 14.8. The number of aromatic nitrogens is 3. The van der Waals surface area contributed by atoms with Crippen molar-refractivity contribution in [3.63, 3.8) is 0 Å². The first-order chi connectivity index (χ1) is 22.9. The number of ether oxygens (including phenoxy) is 2. The lowest BCUT2D eigenvalue weighted by atomic mass is 9.33. The van der Waals surface area contributed by atoms with E-state index < -0.39 is 5.54 Å². The normalized spacial score (nSPS) is 41.4. The van der Waals surface area contributed by atoms with E-state index in [2.05, 4.69) is 55.4 Å². The first kappa shape index (κ1) is 34.9. The minimum Gasteiger partial charge on any atom is -0.465 e. The molecular formula is C40H61N3O6. The summed E-state index contributed by atoms with van der Waals surface area (Å²) in [6.07, 6.45) is 9.81. The lowest BCUT2D eigenvalue weighted by molar-refractivity contribution is -0.218. The molecule has 0 saturated heterocycles. The zero-order valence-electron chi connectivity index (χ0n) is 31.9.